The molecule has 10 nitrogen and oxygen atoms in total. The van der Waals surface area contributed by atoms with Gasteiger partial charge in [0.15, 0.2) is 22.9 Å². The quantitative estimate of drug-likeness (QED) is 0.482. The Morgan fingerprint density at radius 2 is 1.97 bits per heavy atom. The third kappa shape index (κ3) is 6.02. The number of fused-ring (bicyclic) bond motifs is 1. The van der Waals surface area contributed by atoms with Gasteiger partial charge in [-0.15, -0.1) is 0 Å². The van der Waals surface area contributed by atoms with E-state index in [4.69, 9.17) is 19.1 Å². The molecule has 0 aromatic carbocycles. The molecule has 4 rings (SSSR count). The van der Waals surface area contributed by atoms with Crippen LogP contribution in [0.25, 0.3) is 11.6 Å². The maximum atomic E-state index is 12.9. The van der Waals surface area contributed by atoms with Crippen LogP contribution in [0.1, 0.15) is 47.4 Å². The Bertz CT molecular complexity index is 1050. The van der Waals surface area contributed by atoms with Gasteiger partial charge in [0, 0.05) is 43.2 Å². The zero-order valence-corrected chi connectivity index (χ0v) is 19.4. The lowest BCUT2D eigenvalue weighted by molar-refractivity contribution is -0.122. The first-order chi connectivity index (χ1) is 16.5. The van der Waals surface area contributed by atoms with Crippen molar-refractivity contribution in [3.05, 3.63) is 35.2 Å². The van der Waals surface area contributed by atoms with Crippen LogP contribution in [-0.2, 0) is 9.53 Å². The number of furan rings is 1. The third-order valence-electron chi connectivity index (χ3n) is 5.47. The van der Waals surface area contributed by atoms with Crippen LogP contribution >= 0.6 is 0 Å². The summed E-state index contributed by atoms with van der Waals surface area (Å²) in [5.41, 5.74) is 1.71. The second-order valence-electron chi connectivity index (χ2n) is 8.17. The van der Waals surface area contributed by atoms with E-state index in [0.29, 0.717) is 18.2 Å². The normalized spacial score (nSPS) is 16.1. The molecule has 2 aromatic rings. The number of aliphatic imine (C=N–C) groups is 1. The lowest BCUT2D eigenvalue weighted by atomic mass is 10.1. The lowest BCUT2D eigenvalue weighted by Gasteiger charge is -2.20. The van der Waals surface area contributed by atoms with Crippen molar-refractivity contribution in [2.45, 2.75) is 25.7 Å². The van der Waals surface area contributed by atoms with E-state index < -0.39 is 5.97 Å². The van der Waals surface area contributed by atoms with Crippen molar-refractivity contribution in [1.29, 1.82) is 0 Å². The van der Waals surface area contributed by atoms with E-state index in [2.05, 4.69) is 9.98 Å². The highest BCUT2D eigenvalue weighted by atomic mass is 16.5. The summed E-state index contributed by atoms with van der Waals surface area (Å²) in [6.07, 6.45) is 9.37. The van der Waals surface area contributed by atoms with Gasteiger partial charge in [-0.05, 0) is 45.1 Å². The molecule has 2 aliphatic rings. The predicted octanol–water partition coefficient (Wildman–Crippen LogP) is 3.44. The number of aromatic hydroxyl groups is 1. The van der Waals surface area contributed by atoms with Gasteiger partial charge in [0.25, 0.3) is 6.47 Å². The average molecular weight is 471 g/mol. The number of likely N-dealkylation sites (N-methyl/N-ethyl adjacent to an activating group) is 1. The zero-order chi connectivity index (χ0) is 24.5. The van der Waals surface area contributed by atoms with Crippen molar-refractivity contribution >= 4 is 42.0 Å². The first kappa shape index (κ1) is 25.0. The molecule has 0 aliphatic carbocycles. The van der Waals surface area contributed by atoms with Crippen molar-refractivity contribution in [2.75, 3.05) is 45.2 Å². The van der Waals surface area contributed by atoms with Crippen LogP contribution in [0.4, 0.5) is 11.7 Å². The molecule has 0 bridgehead atoms. The molecule has 0 radical (unpaired) electrons. The molecule has 0 spiro atoms. The highest BCUT2D eigenvalue weighted by Crippen LogP contribution is 2.40. The Morgan fingerprint density at radius 1 is 1.26 bits per heavy atom. The molecule has 0 atom stereocenters. The van der Waals surface area contributed by atoms with Gasteiger partial charge in [-0.25, -0.2) is 14.8 Å². The van der Waals surface area contributed by atoms with Crippen molar-refractivity contribution in [1.82, 2.24) is 9.88 Å². The van der Waals surface area contributed by atoms with Gasteiger partial charge < -0.3 is 29.2 Å². The fraction of sp³-hybridized carbons (Fsp3) is 0.417. The number of carboxylic acid groups (broad SMARTS) is 1. The fourth-order valence-corrected chi connectivity index (χ4v) is 3.78. The summed E-state index contributed by atoms with van der Waals surface area (Å²) >= 11 is 0. The van der Waals surface area contributed by atoms with E-state index in [0.717, 1.165) is 49.9 Å². The highest BCUT2D eigenvalue weighted by molar-refractivity contribution is 6.21. The Morgan fingerprint density at radius 3 is 2.65 bits per heavy atom. The topological polar surface area (TPSA) is 129 Å². The minimum Gasteiger partial charge on any atom is -0.504 e. The minimum absolute atomic E-state index is 0.0915. The number of ether oxygens (including phenoxy) is 1. The molecule has 0 unspecified atom stereocenters. The molecular formula is C24H30N4O6. The average Bonchev–Trinajstić information content (AvgIpc) is 3.23. The van der Waals surface area contributed by atoms with Gasteiger partial charge in [-0.3, -0.25) is 4.79 Å². The van der Waals surface area contributed by atoms with E-state index in [1.54, 1.807) is 18.5 Å². The maximum absolute atomic E-state index is 12.9. The summed E-state index contributed by atoms with van der Waals surface area (Å²) in [5, 5.41) is 17.9. The number of aromatic nitrogens is 1. The molecule has 1 fully saturated rings. The molecule has 1 saturated heterocycles. The number of hydrogen-bond donors (Lipinski definition) is 2. The Kier molecular flexibility index (Phi) is 8.80. The summed E-state index contributed by atoms with van der Waals surface area (Å²) in [4.78, 5) is 33.8. The number of carbonyl (C=O) groups is 2. The van der Waals surface area contributed by atoms with Crippen molar-refractivity contribution < 1.29 is 29.0 Å². The number of anilines is 1. The number of rotatable bonds is 6. The summed E-state index contributed by atoms with van der Waals surface area (Å²) in [6.45, 7) is 2.13. The summed E-state index contributed by atoms with van der Waals surface area (Å²) in [5.74, 6) is 0.441. The van der Waals surface area contributed by atoms with Gasteiger partial charge >= 0.3 is 5.97 Å². The van der Waals surface area contributed by atoms with Crippen LogP contribution in [0, 0.1) is 0 Å². The number of nitrogens with zero attached hydrogens (tertiary/aromatic N) is 4. The smallest absolute Gasteiger partial charge is 0.347 e. The second-order valence-corrected chi connectivity index (χ2v) is 8.17. The number of carbonyl (C=O) groups excluding carboxylic acids is 1. The van der Waals surface area contributed by atoms with Crippen molar-refractivity contribution in [3.8, 4) is 5.75 Å². The van der Waals surface area contributed by atoms with Gasteiger partial charge in [0.2, 0.25) is 5.88 Å². The van der Waals surface area contributed by atoms with Gasteiger partial charge in [0.05, 0.1) is 0 Å². The molecule has 2 aliphatic heterocycles. The lowest BCUT2D eigenvalue weighted by Crippen LogP contribution is -2.26. The van der Waals surface area contributed by atoms with Crippen LogP contribution in [0.3, 0.4) is 0 Å². The van der Waals surface area contributed by atoms with Crippen LogP contribution in [-0.4, -0.2) is 79.1 Å². The van der Waals surface area contributed by atoms with Crippen LogP contribution in [0.5, 0.6) is 5.75 Å². The van der Waals surface area contributed by atoms with Crippen molar-refractivity contribution in [3.63, 3.8) is 0 Å². The molecule has 4 heterocycles. The van der Waals surface area contributed by atoms with Gasteiger partial charge in [-0.1, -0.05) is 12.8 Å². The monoisotopic (exact) mass is 470 g/mol. The second kappa shape index (κ2) is 12.0. The summed E-state index contributed by atoms with van der Waals surface area (Å²) in [7, 11) is 3.82. The molecule has 2 N–H and O–H groups in total. The Hall–Kier alpha value is -3.66. The highest BCUT2D eigenvalue weighted by Gasteiger charge is 2.30. The third-order valence-corrected chi connectivity index (χ3v) is 5.47. The van der Waals surface area contributed by atoms with Crippen LogP contribution in [0.2, 0.25) is 0 Å². The number of esters is 1. The number of pyridine rings is 1. The van der Waals surface area contributed by atoms with Gasteiger partial charge in [-0.2, -0.15) is 0 Å². The molecule has 0 amide bonds. The zero-order valence-electron chi connectivity index (χ0n) is 19.4. The van der Waals surface area contributed by atoms with E-state index in [-0.39, 0.29) is 30.2 Å². The van der Waals surface area contributed by atoms with Gasteiger partial charge in [0.1, 0.15) is 6.61 Å². The summed E-state index contributed by atoms with van der Waals surface area (Å²) in [6, 6.07) is 3.74. The number of hydrogen-bond acceptors (Lipinski definition) is 9. The largest absolute Gasteiger partial charge is 0.504 e. The number of allylic oxidation sites excluding steroid dienone is 1. The van der Waals surface area contributed by atoms with E-state index >= 15 is 0 Å². The fourth-order valence-electron chi connectivity index (χ4n) is 3.78. The van der Waals surface area contributed by atoms with E-state index in [1.807, 2.05) is 36.0 Å². The van der Waals surface area contributed by atoms with Crippen LogP contribution in [0.15, 0.2) is 27.7 Å². The first-order valence-electron chi connectivity index (χ1n) is 11.2. The molecule has 2 aromatic heterocycles. The summed E-state index contributed by atoms with van der Waals surface area (Å²) < 4.78 is 11.5. The molecular weight excluding hydrogens is 440 g/mol. The maximum Gasteiger partial charge on any atom is 0.347 e. The SMILES string of the molecule is CN(C)CCOC(=O)c1c(N2CCCCCC2)oc(C=C2C=Nc3ncccc32)c1O.O=CO. The standard InChI is InChI=1S/C23H28N4O4.CH2O2/c1-26(2)12-13-30-23(29)19-20(28)18(31-22(19)27-10-5-3-4-6-11-27)14-16-15-25-21-17(16)8-7-9-24-21;2-1-3/h7-9,14-15,28H,3-6,10-13H2,1-2H3;1H,(H,2,3). The van der Waals surface area contributed by atoms with E-state index in [1.165, 1.54) is 0 Å². The molecule has 10 heteroatoms. The Labute approximate surface area is 198 Å². The minimum atomic E-state index is -0.575. The molecule has 182 valence electrons. The molecule has 0 saturated carbocycles. The van der Waals surface area contributed by atoms with Crippen LogP contribution < -0.4 is 4.90 Å². The first-order valence-corrected chi connectivity index (χ1v) is 11.2. The van der Waals surface area contributed by atoms with E-state index in [9.17, 15) is 9.90 Å². The Balaban J connectivity index is 0.00000103. The predicted molar refractivity (Wildman–Crippen MR) is 129 cm³/mol. The molecule has 34 heavy (non-hydrogen) atoms. The van der Waals surface area contributed by atoms with Crippen molar-refractivity contribution in [2.24, 2.45) is 4.99 Å².